The number of piperidine rings is 1. The first-order chi connectivity index (χ1) is 9.19. The summed E-state index contributed by atoms with van der Waals surface area (Å²) < 4.78 is 0. The molecule has 1 heterocycles. The molecule has 1 saturated heterocycles. The molecule has 0 spiro atoms. The minimum Gasteiger partial charge on any atom is -0.314 e. The van der Waals surface area contributed by atoms with Crippen LogP contribution in [0.1, 0.15) is 44.2 Å². The Kier molecular flexibility index (Phi) is 5.41. The molecule has 2 unspecified atom stereocenters. The molecule has 1 aliphatic rings. The molecule has 0 aliphatic carbocycles. The summed E-state index contributed by atoms with van der Waals surface area (Å²) in [6.07, 6.45) is 3.81. The van der Waals surface area contributed by atoms with Crippen molar-refractivity contribution in [2.24, 2.45) is 0 Å². The molecule has 0 saturated carbocycles. The van der Waals surface area contributed by atoms with E-state index in [0.717, 1.165) is 19.1 Å². The fraction of sp³-hybridized carbons (Fsp3) is 0.647. The van der Waals surface area contributed by atoms with E-state index in [1.54, 1.807) is 0 Å². The number of hydrogen-bond donors (Lipinski definition) is 1. The van der Waals surface area contributed by atoms with Crippen molar-refractivity contribution < 1.29 is 0 Å². The quantitative estimate of drug-likeness (QED) is 0.873. The normalized spacial score (nSPS) is 24.6. The van der Waals surface area contributed by atoms with Gasteiger partial charge in [-0.15, -0.1) is 0 Å². The van der Waals surface area contributed by atoms with Gasteiger partial charge in [-0.3, -0.25) is 4.90 Å². The second-order valence-corrected chi connectivity index (χ2v) is 5.98. The maximum Gasteiger partial charge on any atom is 0.0236 e. The molecule has 2 atom stereocenters. The van der Waals surface area contributed by atoms with Gasteiger partial charge in [0.2, 0.25) is 0 Å². The number of aryl methyl sites for hydroxylation is 1. The van der Waals surface area contributed by atoms with Gasteiger partial charge in [0.1, 0.15) is 0 Å². The Hall–Kier alpha value is -0.860. The Morgan fingerprint density at radius 1 is 1.37 bits per heavy atom. The molecule has 1 N–H and O–H groups in total. The predicted molar refractivity (Wildman–Crippen MR) is 82.4 cm³/mol. The van der Waals surface area contributed by atoms with Gasteiger partial charge in [-0.05, 0) is 45.2 Å². The number of nitrogens with one attached hydrogen (secondary N) is 1. The highest BCUT2D eigenvalue weighted by Gasteiger charge is 2.24. The van der Waals surface area contributed by atoms with Gasteiger partial charge in [-0.1, -0.05) is 36.8 Å². The van der Waals surface area contributed by atoms with E-state index in [9.17, 15) is 0 Å². The van der Waals surface area contributed by atoms with Gasteiger partial charge in [0.25, 0.3) is 0 Å². The van der Waals surface area contributed by atoms with Crippen LogP contribution in [0.4, 0.5) is 0 Å². The van der Waals surface area contributed by atoms with Gasteiger partial charge in [-0.2, -0.15) is 0 Å². The summed E-state index contributed by atoms with van der Waals surface area (Å²) in [5.41, 5.74) is 2.82. The Morgan fingerprint density at radius 2 is 2.21 bits per heavy atom. The lowest BCUT2D eigenvalue weighted by molar-refractivity contribution is 0.129. The van der Waals surface area contributed by atoms with Crippen LogP contribution in [0.3, 0.4) is 0 Å². The molecule has 1 aromatic carbocycles. The van der Waals surface area contributed by atoms with Crippen molar-refractivity contribution in [3.05, 3.63) is 35.4 Å². The van der Waals surface area contributed by atoms with E-state index in [0.29, 0.717) is 6.04 Å². The largest absolute Gasteiger partial charge is 0.314 e. The molecule has 0 bridgehead atoms. The van der Waals surface area contributed by atoms with E-state index in [-0.39, 0.29) is 0 Å². The number of benzene rings is 1. The van der Waals surface area contributed by atoms with Gasteiger partial charge >= 0.3 is 0 Å². The zero-order valence-corrected chi connectivity index (χ0v) is 12.7. The third-order valence-electron chi connectivity index (χ3n) is 4.16. The van der Waals surface area contributed by atoms with Crippen molar-refractivity contribution in [2.45, 2.75) is 58.7 Å². The van der Waals surface area contributed by atoms with Gasteiger partial charge < -0.3 is 5.32 Å². The molecule has 2 heteroatoms. The van der Waals surface area contributed by atoms with Crippen LogP contribution in [0.5, 0.6) is 0 Å². The lowest BCUT2D eigenvalue weighted by Gasteiger charge is -2.38. The molecular formula is C17H28N2. The second kappa shape index (κ2) is 7.06. The zero-order chi connectivity index (χ0) is 13.7. The second-order valence-electron chi connectivity index (χ2n) is 5.98. The average Bonchev–Trinajstić information content (AvgIpc) is 2.39. The van der Waals surface area contributed by atoms with E-state index >= 15 is 0 Å². The topological polar surface area (TPSA) is 15.3 Å². The van der Waals surface area contributed by atoms with Crippen LogP contribution >= 0.6 is 0 Å². The van der Waals surface area contributed by atoms with Crippen molar-refractivity contribution in [2.75, 3.05) is 13.1 Å². The molecule has 2 nitrogen and oxygen atoms in total. The van der Waals surface area contributed by atoms with Crippen molar-refractivity contribution >= 4 is 0 Å². The van der Waals surface area contributed by atoms with Crippen LogP contribution in [0.2, 0.25) is 0 Å². The lowest BCUT2D eigenvalue weighted by atomic mass is 9.97. The molecule has 1 aliphatic heterocycles. The molecule has 0 aromatic heterocycles. The minimum atomic E-state index is 0.684. The third-order valence-corrected chi connectivity index (χ3v) is 4.16. The summed E-state index contributed by atoms with van der Waals surface area (Å²) in [7, 11) is 0. The van der Waals surface area contributed by atoms with E-state index in [1.165, 1.54) is 36.9 Å². The first-order valence-electron chi connectivity index (χ1n) is 7.72. The predicted octanol–water partition coefficient (Wildman–Crippen LogP) is 3.35. The maximum atomic E-state index is 3.67. The smallest absolute Gasteiger partial charge is 0.0236 e. The van der Waals surface area contributed by atoms with E-state index in [4.69, 9.17) is 0 Å². The number of nitrogens with zero attached hydrogens (tertiary/aromatic N) is 1. The summed E-state index contributed by atoms with van der Waals surface area (Å²) in [5.74, 6) is 0. The SMILES string of the molecule is CCCNC1CCN(Cc2cccc(C)c2)C(C)C1. The molecule has 1 aromatic rings. The molecular weight excluding hydrogens is 232 g/mol. The van der Waals surface area contributed by atoms with Crippen LogP contribution in [0.15, 0.2) is 24.3 Å². The van der Waals surface area contributed by atoms with Gasteiger partial charge in [0.05, 0.1) is 0 Å². The number of rotatable bonds is 5. The van der Waals surface area contributed by atoms with Crippen LogP contribution in [-0.4, -0.2) is 30.1 Å². The van der Waals surface area contributed by atoms with Gasteiger partial charge in [-0.25, -0.2) is 0 Å². The Labute approximate surface area is 118 Å². The summed E-state index contributed by atoms with van der Waals surface area (Å²) in [6.45, 7) is 10.3. The van der Waals surface area contributed by atoms with Gasteiger partial charge in [0, 0.05) is 25.2 Å². The van der Waals surface area contributed by atoms with Crippen LogP contribution in [0, 0.1) is 6.92 Å². The molecule has 2 rings (SSSR count). The average molecular weight is 260 g/mol. The minimum absolute atomic E-state index is 0.684. The molecule has 1 fully saturated rings. The maximum absolute atomic E-state index is 3.67. The Morgan fingerprint density at radius 3 is 2.89 bits per heavy atom. The molecule has 0 radical (unpaired) electrons. The first kappa shape index (κ1) is 14.5. The van der Waals surface area contributed by atoms with Crippen molar-refractivity contribution in [1.29, 1.82) is 0 Å². The standard InChI is InChI=1S/C17H28N2/c1-4-9-18-17-8-10-19(15(3)12-17)13-16-7-5-6-14(2)11-16/h5-7,11,15,17-18H,4,8-10,12-13H2,1-3H3. The summed E-state index contributed by atoms with van der Waals surface area (Å²) in [6, 6.07) is 10.3. The van der Waals surface area contributed by atoms with Crippen LogP contribution < -0.4 is 5.32 Å². The van der Waals surface area contributed by atoms with E-state index < -0.39 is 0 Å². The molecule has 0 amide bonds. The lowest BCUT2D eigenvalue weighted by Crippen LogP contribution is -2.47. The number of hydrogen-bond acceptors (Lipinski definition) is 2. The zero-order valence-electron chi connectivity index (χ0n) is 12.7. The molecule has 106 valence electrons. The highest BCUT2D eigenvalue weighted by atomic mass is 15.2. The van der Waals surface area contributed by atoms with Crippen LogP contribution in [-0.2, 0) is 6.54 Å². The first-order valence-corrected chi connectivity index (χ1v) is 7.72. The van der Waals surface area contributed by atoms with Crippen molar-refractivity contribution in [3.63, 3.8) is 0 Å². The monoisotopic (exact) mass is 260 g/mol. The highest BCUT2D eigenvalue weighted by molar-refractivity contribution is 5.22. The third kappa shape index (κ3) is 4.32. The molecule has 19 heavy (non-hydrogen) atoms. The highest BCUT2D eigenvalue weighted by Crippen LogP contribution is 2.20. The van der Waals surface area contributed by atoms with Gasteiger partial charge in [0.15, 0.2) is 0 Å². The van der Waals surface area contributed by atoms with Crippen LogP contribution in [0.25, 0.3) is 0 Å². The van der Waals surface area contributed by atoms with Crippen molar-refractivity contribution in [1.82, 2.24) is 10.2 Å². The summed E-state index contributed by atoms with van der Waals surface area (Å²) in [5, 5.41) is 3.67. The fourth-order valence-corrected chi connectivity index (χ4v) is 3.03. The van der Waals surface area contributed by atoms with Crippen molar-refractivity contribution in [3.8, 4) is 0 Å². The fourth-order valence-electron chi connectivity index (χ4n) is 3.03. The Balaban J connectivity index is 1.86. The summed E-state index contributed by atoms with van der Waals surface area (Å²) in [4.78, 5) is 2.62. The summed E-state index contributed by atoms with van der Waals surface area (Å²) >= 11 is 0. The van der Waals surface area contributed by atoms with E-state index in [2.05, 4.69) is 55.3 Å². The van der Waals surface area contributed by atoms with E-state index in [1.807, 2.05) is 0 Å². The number of likely N-dealkylation sites (tertiary alicyclic amines) is 1. The Bertz CT molecular complexity index is 389.